The Hall–Kier alpha value is -0.720. The maximum Gasteiger partial charge on any atom is 0.329 e. The highest BCUT2D eigenvalue weighted by molar-refractivity contribution is 7.52. The molecule has 0 aromatic carbocycles. The molecule has 0 saturated heterocycles. The first-order valence-electron chi connectivity index (χ1n) is 6.09. The van der Waals surface area contributed by atoms with E-state index in [1.54, 1.807) is 0 Å². The minimum Gasteiger partial charge on any atom is -0.480 e. The van der Waals surface area contributed by atoms with E-state index in [0.717, 1.165) is 12.8 Å². The molecular formula is C11H22NO6P. The van der Waals surface area contributed by atoms with Gasteiger partial charge in [0.2, 0.25) is 0 Å². The minimum absolute atomic E-state index is 0.120. The molecule has 0 saturated carbocycles. The van der Waals surface area contributed by atoms with Crippen molar-refractivity contribution in [1.82, 2.24) is 0 Å². The standard InChI is InChI=1S/C11H22NO6P/c12-10(11(14)15)7-9(8-19(16,17)18)5-3-1-2-4-6-13/h7,10,13H,1-6,8,12H2,(H,14,15)(H2,16,17,18). The van der Waals surface area contributed by atoms with Gasteiger partial charge in [0, 0.05) is 6.61 Å². The fraction of sp³-hybridized carbons (Fsp3) is 0.727. The first-order valence-corrected chi connectivity index (χ1v) is 7.89. The van der Waals surface area contributed by atoms with Gasteiger partial charge in [-0.05, 0) is 19.3 Å². The van der Waals surface area contributed by atoms with Crippen molar-refractivity contribution in [1.29, 1.82) is 0 Å². The number of rotatable bonds is 10. The van der Waals surface area contributed by atoms with Gasteiger partial charge in [-0.25, -0.2) is 0 Å². The van der Waals surface area contributed by atoms with Gasteiger partial charge in [-0.2, -0.15) is 0 Å². The molecule has 112 valence electrons. The normalized spacial score (nSPS) is 14.4. The summed E-state index contributed by atoms with van der Waals surface area (Å²) in [5.41, 5.74) is 5.69. The number of hydrogen-bond acceptors (Lipinski definition) is 4. The largest absolute Gasteiger partial charge is 0.480 e. The van der Waals surface area contributed by atoms with E-state index in [1.165, 1.54) is 6.08 Å². The molecule has 0 radical (unpaired) electrons. The van der Waals surface area contributed by atoms with E-state index in [1.807, 2.05) is 0 Å². The Balaban J connectivity index is 4.43. The SMILES string of the molecule is NC(C=C(CCCCCCO)CP(=O)(O)O)C(=O)O. The third-order valence-corrected chi connectivity index (χ3v) is 3.33. The molecule has 0 spiro atoms. The van der Waals surface area contributed by atoms with E-state index < -0.39 is 25.8 Å². The molecule has 7 nitrogen and oxygen atoms in total. The molecule has 0 amide bonds. The summed E-state index contributed by atoms with van der Waals surface area (Å²) >= 11 is 0. The highest BCUT2D eigenvalue weighted by Crippen LogP contribution is 2.38. The van der Waals surface area contributed by atoms with Crippen molar-refractivity contribution in [3.8, 4) is 0 Å². The number of carboxylic acids is 1. The van der Waals surface area contributed by atoms with Gasteiger partial charge in [-0.3, -0.25) is 9.36 Å². The number of aliphatic hydroxyl groups excluding tert-OH is 1. The van der Waals surface area contributed by atoms with Crippen LogP contribution in [-0.2, 0) is 9.36 Å². The smallest absolute Gasteiger partial charge is 0.329 e. The van der Waals surface area contributed by atoms with Gasteiger partial charge >= 0.3 is 13.6 Å². The molecule has 0 heterocycles. The van der Waals surface area contributed by atoms with Gasteiger partial charge in [-0.1, -0.05) is 24.5 Å². The summed E-state index contributed by atoms with van der Waals surface area (Å²) in [5, 5.41) is 17.3. The predicted octanol–water partition coefficient (Wildman–Crippen LogP) is 0.445. The van der Waals surface area contributed by atoms with Crippen molar-refractivity contribution in [2.24, 2.45) is 5.73 Å². The number of aliphatic carboxylic acids is 1. The lowest BCUT2D eigenvalue weighted by molar-refractivity contribution is -0.137. The number of carbonyl (C=O) groups is 1. The summed E-state index contributed by atoms with van der Waals surface area (Å²) in [6.07, 6.45) is 4.13. The second-order valence-electron chi connectivity index (χ2n) is 4.40. The van der Waals surface area contributed by atoms with Crippen LogP contribution in [0.5, 0.6) is 0 Å². The molecule has 0 aromatic rings. The van der Waals surface area contributed by atoms with Crippen LogP contribution in [0.1, 0.15) is 32.1 Å². The monoisotopic (exact) mass is 295 g/mol. The fourth-order valence-electron chi connectivity index (χ4n) is 1.62. The first kappa shape index (κ1) is 18.3. The molecule has 0 bridgehead atoms. The second kappa shape index (κ2) is 9.23. The zero-order valence-electron chi connectivity index (χ0n) is 10.7. The number of allylic oxidation sites excluding steroid dienone is 1. The van der Waals surface area contributed by atoms with Crippen LogP contribution in [-0.4, -0.2) is 44.8 Å². The fourth-order valence-corrected chi connectivity index (χ4v) is 2.41. The van der Waals surface area contributed by atoms with E-state index in [9.17, 15) is 9.36 Å². The Labute approximate surface area is 112 Å². The Bertz CT molecular complexity index is 351. The average Bonchev–Trinajstić information content (AvgIpc) is 2.26. The van der Waals surface area contributed by atoms with Crippen LogP contribution in [0, 0.1) is 0 Å². The summed E-state index contributed by atoms with van der Waals surface area (Å²) in [6, 6.07) is -1.25. The van der Waals surface area contributed by atoms with E-state index in [4.69, 9.17) is 25.7 Å². The summed E-state index contributed by atoms with van der Waals surface area (Å²) < 4.78 is 11.0. The van der Waals surface area contributed by atoms with E-state index in [2.05, 4.69) is 0 Å². The molecule has 0 aliphatic heterocycles. The molecule has 1 atom stereocenters. The maximum absolute atomic E-state index is 11.0. The third kappa shape index (κ3) is 10.9. The summed E-state index contributed by atoms with van der Waals surface area (Å²) in [6.45, 7) is 0.120. The van der Waals surface area contributed by atoms with Crippen molar-refractivity contribution in [2.45, 2.75) is 38.1 Å². The Morgan fingerprint density at radius 1 is 1.21 bits per heavy atom. The van der Waals surface area contributed by atoms with Crippen LogP contribution in [0.15, 0.2) is 11.6 Å². The van der Waals surface area contributed by atoms with Crippen molar-refractivity contribution < 1.29 is 29.4 Å². The van der Waals surface area contributed by atoms with Crippen LogP contribution < -0.4 is 5.73 Å². The molecule has 0 aliphatic rings. The quantitative estimate of drug-likeness (QED) is 0.224. The molecule has 6 N–H and O–H groups in total. The highest BCUT2D eigenvalue weighted by atomic mass is 31.2. The van der Waals surface area contributed by atoms with E-state index in [-0.39, 0.29) is 6.61 Å². The molecule has 0 rings (SSSR count). The summed E-state index contributed by atoms with van der Waals surface area (Å²) in [5.74, 6) is -1.23. The van der Waals surface area contributed by atoms with Crippen molar-refractivity contribution in [3.63, 3.8) is 0 Å². The van der Waals surface area contributed by atoms with Gasteiger partial charge < -0.3 is 25.7 Å². The van der Waals surface area contributed by atoms with Crippen molar-refractivity contribution in [2.75, 3.05) is 12.8 Å². The van der Waals surface area contributed by atoms with Crippen LogP contribution in [0.25, 0.3) is 0 Å². The summed E-state index contributed by atoms with van der Waals surface area (Å²) in [4.78, 5) is 28.5. The van der Waals surface area contributed by atoms with E-state index >= 15 is 0 Å². The van der Waals surface area contributed by atoms with Crippen LogP contribution >= 0.6 is 7.60 Å². The summed E-state index contributed by atoms with van der Waals surface area (Å²) in [7, 11) is -4.23. The van der Waals surface area contributed by atoms with Crippen LogP contribution in [0.4, 0.5) is 0 Å². The van der Waals surface area contributed by atoms with Gasteiger partial charge in [-0.15, -0.1) is 0 Å². The lowest BCUT2D eigenvalue weighted by atomic mass is 10.1. The maximum atomic E-state index is 11.0. The molecule has 19 heavy (non-hydrogen) atoms. The van der Waals surface area contributed by atoms with Crippen molar-refractivity contribution >= 4 is 13.6 Å². The predicted molar refractivity (Wildman–Crippen MR) is 70.8 cm³/mol. The molecule has 0 aliphatic carbocycles. The number of hydrogen-bond donors (Lipinski definition) is 5. The number of nitrogens with two attached hydrogens (primary N) is 1. The molecule has 8 heteroatoms. The van der Waals surface area contributed by atoms with Crippen molar-refractivity contribution in [3.05, 3.63) is 11.6 Å². The zero-order valence-corrected chi connectivity index (χ0v) is 11.6. The molecule has 0 aromatic heterocycles. The number of unbranched alkanes of at least 4 members (excludes halogenated alkanes) is 3. The Morgan fingerprint density at radius 3 is 2.26 bits per heavy atom. The Kier molecular flexibility index (Phi) is 8.88. The topological polar surface area (TPSA) is 141 Å². The van der Waals surface area contributed by atoms with Crippen LogP contribution in [0.2, 0.25) is 0 Å². The molecule has 0 fully saturated rings. The number of carboxylic acid groups (broad SMARTS) is 1. The van der Waals surface area contributed by atoms with Gasteiger partial charge in [0.1, 0.15) is 6.04 Å². The lowest BCUT2D eigenvalue weighted by Gasteiger charge is -2.11. The van der Waals surface area contributed by atoms with Gasteiger partial charge in [0.25, 0.3) is 0 Å². The highest BCUT2D eigenvalue weighted by Gasteiger charge is 2.18. The molecular weight excluding hydrogens is 273 g/mol. The lowest BCUT2D eigenvalue weighted by Crippen LogP contribution is -2.28. The van der Waals surface area contributed by atoms with Crippen LogP contribution in [0.3, 0.4) is 0 Å². The van der Waals surface area contributed by atoms with Gasteiger partial charge in [0.05, 0.1) is 6.16 Å². The second-order valence-corrected chi connectivity index (χ2v) is 6.05. The molecule has 1 unspecified atom stereocenters. The first-order chi connectivity index (χ1) is 8.76. The third-order valence-electron chi connectivity index (χ3n) is 2.52. The zero-order chi connectivity index (χ0) is 14.9. The Morgan fingerprint density at radius 2 is 1.79 bits per heavy atom. The van der Waals surface area contributed by atoms with E-state index in [0.29, 0.717) is 24.8 Å². The minimum atomic E-state index is -4.23. The number of aliphatic hydroxyl groups is 1. The average molecular weight is 295 g/mol. The van der Waals surface area contributed by atoms with Gasteiger partial charge in [0.15, 0.2) is 0 Å².